The standard InChI is InChI=1S/C18H25N5O2/c1-11(2)23-12(3)20-10-16(23)15-8-9-19-18(22-15)21-14-6-4-13(5-7-14)17(24)25/h8-11,13-14H,4-7H2,1-3H3,(H,24,25)(H,19,21,22). The molecule has 3 rings (SSSR count). The molecule has 134 valence electrons. The van der Waals surface area contributed by atoms with Crippen molar-refractivity contribution in [3.8, 4) is 11.4 Å². The Morgan fingerprint density at radius 2 is 2.00 bits per heavy atom. The van der Waals surface area contributed by atoms with Crippen molar-refractivity contribution in [3.63, 3.8) is 0 Å². The Hall–Kier alpha value is -2.44. The third kappa shape index (κ3) is 3.81. The molecule has 0 saturated heterocycles. The van der Waals surface area contributed by atoms with Crippen molar-refractivity contribution in [1.29, 1.82) is 0 Å². The highest BCUT2D eigenvalue weighted by Gasteiger charge is 2.26. The van der Waals surface area contributed by atoms with Crippen molar-refractivity contribution in [2.24, 2.45) is 5.92 Å². The maximum Gasteiger partial charge on any atom is 0.306 e. The second-order valence-corrected chi connectivity index (χ2v) is 6.95. The summed E-state index contributed by atoms with van der Waals surface area (Å²) < 4.78 is 2.16. The molecule has 0 aliphatic heterocycles. The number of nitrogens with one attached hydrogen (secondary N) is 1. The van der Waals surface area contributed by atoms with Gasteiger partial charge in [0.05, 0.1) is 23.5 Å². The average molecular weight is 343 g/mol. The number of nitrogens with zero attached hydrogens (tertiary/aromatic N) is 4. The first kappa shape index (κ1) is 17.4. The Balaban J connectivity index is 1.74. The van der Waals surface area contributed by atoms with E-state index in [1.807, 2.05) is 19.2 Å². The van der Waals surface area contributed by atoms with Crippen LogP contribution in [0.1, 0.15) is 51.4 Å². The summed E-state index contributed by atoms with van der Waals surface area (Å²) in [4.78, 5) is 24.4. The van der Waals surface area contributed by atoms with E-state index < -0.39 is 5.97 Å². The van der Waals surface area contributed by atoms with Crippen molar-refractivity contribution >= 4 is 11.9 Å². The topological polar surface area (TPSA) is 92.9 Å². The number of carbonyl (C=O) groups is 1. The van der Waals surface area contributed by atoms with Gasteiger partial charge in [0.15, 0.2) is 0 Å². The van der Waals surface area contributed by atoms with Gasteiger partial charge in [-0.15, -0.1) is 0 Å². The Morgan fingerprint density at radius 3 is 2.64 bits per heavy atom. The number of aryl methyl sites for hydroxylation is 1. The van der Waals surface area contributed by atoms with Crippen molar-refractivity contribution in [1.82, 2.24) is 19.5 Å². The fourth-order valence-electron chi connectivity index (χ4n) is 3.53. The molecule has 2 aromatic heterocycles. The minimum absolute atomic E-state index is 0.214. The number of rotatable bonds is 5. The van der Waals surface area contributed by atoms with E-state index in [-0.39, 0.29) is 12.0 Å². The number of hydrogen-bond acceptors (Lipinski definition) is 5. The summed E-state index contributed by atoms with van der Waals surface area (Å²) in [5.74, 6) is 0.651. The van der Waals surface area contributed by atoms with Crippen LogP contribution in [0.5, 0.6) is 0 Å². The summed E-state index contributed by atoms with van der Waals surface area (Å²) in [6.07, 6.45) is 6.65. The van der Waals surface area contributed by atoms with Gasteiger partial charge in [0.2, 0.25) is 5.95 Å². The van der Waals surface area contributed by atoms with E-state index in [9.17, 15) is 4.79 Å². The van der Waals surface area contributed by atoms with E-state index in [1.165, 1.54) is 0 Å². The van der Waals surface area contributed by atoms with E-state index in [0.29, 0.717) is 24.8 Å². The lowest BCUT2D eigenvalue weighted by molar-refractivity contribution is -0.142. The Morgan fingerprint density at radius 1 is 1.28 bits per heavy atom. The summed E-state index contributed by atoms with van der Waals surface area (Å²) in [5, 5.41) is 12.5. The van der Waals surface area contributed by atoms with Crippen molar-refractivity contribution in [2.45, 2.75) is 58.5 Å². The smallest absolute Gasteiger partial charge is 0.306 e. The molecule has 2 aromatic rings. The van der Waals surface area contributed by atoms with Crippen LogP contribution >= 0.6 is 0 Å². The summed E-state index contributed by atoms with van der Waals surface area (Å²) in [7, 11) is 0. The largest absolute Gasteiger partial charge is 0.481 e. The Bertz CT molecular complexity index is 748. The van der Waals surface area contributed by atoms with Gasteiger partial charge < -0.3 is 15.0 Å². The van der Waals surface area contributed by atoms with E-state index in [2.05, 4.69) is 38.7 Å². The number of imidazole rings is 1. The van der Waals surface area contributed by atoms with Gasteiger partial charge in [-0.2, -0.15) is 0 Å². The van der Waals surface area contributed by atoms with Gasteiger partial charge in [0.1, 0.15) is 5.82 Å². The molecule has 1 saturated carbocycles. The number of carboxylic acids is 1. The SMILES string of the molecule is Cc1ncc(-c2ccnc(NC3CCC(C(=O)O)CC3)n2)n1C(C)C. The van der Waals surface area contributed by atoms with Gasteiger partial charge in [0.25, 0.3) is 0 Å². The second-order valence-electron chi connectivity index (χ2n) is 6.95. The molecule has 1 aliphatic rings. The molecule has 25 heavy (non-hydrogen) atoms. The first-order valence-corrected chi connectivity index (χ1v) is 8.82. The van der Waals surface area contributed by atoms with E-state index >= 15 is 0 Å². The van der Waals surface area contributed by atoms with Gasteiger partial charge in [-0.05, 0) is 52.5 Å². The molecule has 0 amide bonds. The third-order valence-electron chi connectivity index (χ3n) is 4.83. The van der Waals surface area contributed by atoms with Crippen molar-refractivity contribution < 1.29 is 9.90 Å². The molecule has 0 bridgehead atoms. The second kappa shape index (κ2) is 7.21. The van der Waals surface area contributed by atoms with Crippen LogP contribution < -0.4 is 5.32 Å². The summed E-state index contributed by atoms with van der Waals surface area (Å²) >= 11 is 0. The Kier molecular flexibility index (Phi) is 5.01. The lowest BCUT2D eigenvalue weighted by Gasteiger charge is -2.26. The summed E-state index contributed by atoms with van der Waals surface area (Å²) in [6, 6.07) is 2.42. The highest BCUT2D eigenvalue weighted by molar-refractivity contribution is 5.70. The minimum atomic E-state index is -0.686. The maximum atomic E-state index is 11.1. The summed E-state index contributed by atoms with van der Waals surface area (Å²) in [5.41, 5.74) is 1.82. The fourth-order valence-corrected chi connectivity index (χ4v) is 3.53. The number of aromatic nitrogens is 4. The van der Waals surface area contributed by atoms with Gasteiger partial charge in [0, 0.05) is 18.3 Å². The molecule has 2 heterocycles. The molecule has 0 spiro atoms. The molecule has 2 N–H and O–H groups in total. The molecule has 1 aliphatic carbocycles. The highest BCUT2D eigenvalue weighted by atomic mass is 16.4. The highest BCUT2D eigenvalue weighted by Crippen LogP contribution is 2.27. The molecular formula is C18H25N5O2. The maximum absolute atomic E-state index is 11.1. The predicted molar refractivity (Wildman–Crippen MR) is 95.4 cm³/mol. The van der Waals surface area contributed by atoms with E-state index in [0.717, 1.165) is 30.1 Å². The normalized spacial score (nSPS) is 20.6. The number of aliphatic carboxylic acids is 1. The van der Waals surface area contributed by atoms with Crippen molar-refractivity contribution in [3.05, 3.63) is 24.3 Å². The molecule has 1 fully saturated rings. The van der Waals surface area contributed by atoms with Crippen LogP contribution in [0, 0.1) is 12.8 Å². The van der Waals surface area contributed by atoms with Crippen LogP contribution in [0.2, 0.25) is 0 Å². The first-order valence-electron chi connectivity index (χ1n) is 8.82. The predicted octanol–water partition coefficient (Wildman–Crippen LogP) is 3.28. The zero-order valence-corrected chi connectivity index (χ0v) is 14.9. The molecule has 0 aromatic carbocycles. The van der Waals surface area contributed by atoms with Crippen LogP contribution in [-0.4, -0.2) is 36.6 Å². The molecule has 0 atom stereocenters. The molecule has 7 heteroatoms. The molecular weight excluding hydrogens is 318 g/mol. The first-order chi connectivity index (χ1) is 12.0. The molecule has 0 radical (unpaired) electrons. The zero-order valence-electron chi connectivity index (χ0n) is 14.9. The van der Waals surface area contributed by atoms with Crippen molar-refractivity contribution in [2.75, 3.05) is 5.32 Å². The van der Waals surface area contributed by atoms with Gasteiger partial charge >= 0.3 is 5.97 Å². The zero-order chi connectivity index (χ0) is 18.0. The molecule has 0 unspecified atom stereocenters. The van der Waals surface area contributed by atoms with Crippen LogP contribution in [0.15, 0.2) is 18.5 Å². The third-order valence-corrected chi connectivity index (χ3v) is 4.83. The van der Waals surface area contributed by atoms with Crippen LogP contribution in [0.3, 0.4) is 0 Å². The van der Waals surface area contributed by atoms with Gasteiger partial charge in [-0.25, -0.2) is 15.0 Å². The quantitative estimate of drug-likeness (QED) is 0.865. The average Bonchev–Trinajstić information content (AvgIpc) is 2.97. The number of carboxylic acid groups (broad SMARTS) is 1. The van der Waals surface area contributed by atoms with Gasteiger partial charge in [-0.1, -0.05) is 0 Å². The summed E-state index contributed by atoms with van der Waals surface area (Å²) in [6.45, 7) is 6.24. The lowest BCUT2D eigenvalue weighted by Crippen LogP contribution is -2.29. The van der Waals surface area contributed by atoms with E-state index in [1.54, 1.807) is 6.20 Å². The minimum Gasteiger partial charge on any atom is -0.481 e. The van der Waals surface area contributed by atoms with E-state index in [4.69, 9.17) is 5.11 Å². The monoisotopic (exact) mass is 343 g/mol. The van der Waals surface area contributed by atoms with Crippen LogP contribution in [0.25, 0.3) is 11.4 Å². The fraction of sp³-hybridized carbons (Fsp3) is 0.556. The lowest BCUT2D eigenvalue weighted by atomic mass is 9.86. The molecule has 7 nitrogen and oxygen atoms in total. The number of hydrogen-bond donors (Lipinski definition) is 2. The number of anilines is 1. The Labute approximate surface area is 147 Å². The van der Waals surface area contributed by atoms with Crippen LogP contribution in [0.4, 0.5) is 5.95 Å². The van der Waals surface area contributed by atoms with Crippen LogP contribution in [-0.2, 0) is 4.79 Å². The van der Waals surface area contributed by atoms with Gasteiger partial charge in [-0.3, -0.25) is 4.79 Å².